The highest BCUT2D eigenvalue weighted by molar-refractivity contribution is 6.13. The van der Waals surface area contributed by atoms with E-state index in [1.165, 1.54) is 12.1 Å². The Kier molecular flexibility index (Phi) is 4.40. The van der Waals surface area contributed by atoms with Gasteiger partial charge in [-0.25, -0.2) is 8.78 Å². The van der Waals surface area contributed by atoms with Crippen molar-refractivity contribution in [3.05, 3.63) is 106 Å². The van der Waals surface area contributed by atoms with Gasteiger partial charge in [-0.15, -0.1) is 0 Å². The van der Waals surface area contributed by atoms with Crippen LogP contribution in [0.5, 0.6) is 0 Å². The van der Waals surface area contributed by atoms with E-state index in [2.05, 4.69) is 9.98 Å². The Morgan fingerprint density at radius 3 is 2.69 bits per heavy atom. The molecule has 1 aliphatic heterocycles. The summed E-state index contributed by atoms with van der Waals surface area (Å²) < 4.78 is 27.0. The minimum Gasteiger partial charge on any atom is -0.280 e. The summed E-state index contributed by atoms with van der Waals surface area (Å²) in [6, 6.07) is 15.5. The van der Waals surface area contributed by atoms with Gasteiger partial charge in [0.25, 0.3) is 0 Å². The first-order chi connectivity index (χ1) is 12.7. The predicted octanol–water partition coefficient (Wildman–Crippen LogP) is 4.97. The average Bonchev–Trinajstić information content (AvgIpc) is 3.05. The van der Waals surface area contributed by atoms with Crippen LogP contribution in [0.25, 0.3) is 6.08 Å². The van der Waals surface area contributed by atoms with Crippen LogP contribution in [0.15, 0.2) is 71.9 Å². The number of halogens is 2. The van der Waals surface area contributed by atoms with Gasteiger partial charge in [0.05, 0.1) is 18.0 Å². The first kappa shape index (κ1) is 16.3. The number of hydrogen-bond donors (Lipinski definition) is 0. The molecule has 128 valence electrons. The highest BCUT2D eigenvalue weighted by Crippen LogP contribution is 2.23. The fourth-order valence-electron chi connectivity index (χ4n) is 3.03. The number of aromatic nitrogens is 1. The molecule has 2 nitrogen and oxygen atoms in total. The van der Waals surface area contributed by atoms with Crippen LogP contribution in [0.4, 0.5) is 8.78 Å². The lowest BCUT2D eigenvalue weighted by molar-refractivity contribution is 0.574. The summed E-state index contributed by atoms with van der Waals surface area (Å²) in [7, 11) is 0. The average molecular weight is 346 g/mol. The third kappa shape index (κ3) is 3.45. The third-order valence-corrected chi connectivity index (χ3v) is 4.38. The first-order valence-corrected chi connectivity index (χ1v) is 8.39. The maximum absolute atomic E-state index is 13.9. The molecule has 26 heavy (non-hydrogen) atoms. The topological polar surface area (TPSA) is 25.2 Å². The van der Waals surface area contributed by atoms with E-state index in [4.69, 9.17) is 0 Å². The molecule has 0 atom stereocenters. The van der Waals surface area contributed by atoms with Gasteiger partial charge in [0.1, 0.15) is 11.6 Å². The lowest BCUT2D eigenvalue weighted by Crippen LogP contribution is -1.99. The molecule has 0 saturated carbocycles. The van der Waals surface area contributed by atoms with Crippen LogP contribution in [0.1, 0.15) is 27.9 Å². The SMILES string of the molecule is Fc1ccc(Cc2ccc3c(c2)C(/C=C/c2ccccn2)=NC3)c(F)c1. The van der Waals surface area contributed by atoms with Crippen LogP contribution in [0.3, 0.4) is 0 Å². The van der Waals surface area contributed by atoms with Crippen molar-refractivity contribution in [3.8, 4) is 0 Å². The minimum absolute atomic E-state index is 0.413. The third-order valence-electron chi connectivity index (χ3n) is 4.38. The maximum atomic E-state index is 13.9. The molecular formula is C22H16F2N2. The second kappa shape index (κ2) is 7.00. The molecule has 0 amide bonds. The highest BCUT2D eigenvalue weighted by atomic mass is 19.1. The molecule has 0 fully saturated rings. The van der Waals surface area contributed by atoms with Crippen molar-refractivity contribution >= 4 is 11.8 Å². The van der Waals surface area contributed by atoms with Crippen LogP contribution in [-0.2, 0) is 13.0 Å². The number of pyridine rings is 1. The minimum atomic E-state index is -0.561. The van der Waals surface area contributed by atoms with E-state index in [0.29, 0.717) is 18.5 Å². The van der Waals surface area contributed by atoms with Gasteiger partial charge in [-0.3, -0.25) is 9.98 Å². The van der Waals surface area contributed by atoms with E-state index in [1.54, 1.807) is 6.20 Å². The van der Waals surface area contributed by atoms with E-state index in [-0.39, 0.29) is 0 Å². The summed E-state index contributed by atoms with van der Waals surface area (Å²) in [6.45, 7) is 0.641. The zero-order chi connectivity index (χ0) is 17.9. The second-order valence-electron chi connectivity index (χ2n) is 6.19. The normalized spacial score (nSPS) is 13.1. The maximum Gasteiger partial charge on any atom is 0.129 e. The van der Waals surface area contributed by atoms with Crippen molar-refractivity contribution in [2.24, 2.45) is 4.99 Å². The van der Waals surface area contributed by atoms with Gasteiger partial charge in [-0.05, 0) is 53.1 Å². The van der Waals surface area contributed by atoms with Crippen LogP contribution < -0.4 is 0 Å². The van der Waals surface area contributed by atoms with Crippen LogP contribution >= 0.6 is 0 Å². The standard InChI is InChI=1S/C22H16F2N2/c23-18-7-6-16(21(24)13-18)11-15-4-5-17-14-26-22(20(17)12-15)9-8-19-3-1-2-10-25-19/h1-10,12-13H,11,14H2/b9-8+. The molecule has 0 radical (unpaired) electrons. The molecule has 0 aliphatic carbocycles. The second-order valence-corrected chi connectivity index (χ2v) is 6.19. The molecule has 4 heteroatoms. The zero-order valence-electron chi connectivity index (χ0n) is 14.0. The Bertz CT molecular complexity index is 1010. The first-order valence-electron chi connectivity index (χ1n) is 8.39. The van der Waals surface area contributed by atoms with Gasteiger partial charge in [-0.1, -0.05) is 24.3 Å². The fraction of sp³-hybridized carbons (Fsp3) is 0.0909. The largest absolute Gasteiger partial charge is 0.280 e. The zero-order valence-corrected chi connectivity index (χ0v) is 14.0. The van der Waals surface area contributed by atoms with Crippen molar-refractivity contribution < 1.29 is 8.78 Å². The fourth-order valence-corrected chi connectivity index (χ4v) is 3.03. The monoisotopic (exact) mass is 346 g/mol. The quantitative estimate of drug-likeness (QED) is 0.655. The van der Waals surface area contributed by atoms with Crippen molar-refractivity contribution in [2.45, 2.75) is 13.0 Å². The van der Waals surface area contributed by atoms with Crippen molar-refractivity contribution in [1.29, 1.82) is 0 Å². The van der Waals surface area contributed by atoms with E-state index in [0.717, 1.165) is 34.2 Å². The Morgan fingerprint density at radius 2 is 1.88 bits per heavy atom. The van der Waals surface area contributed by atoms with Gasteiger partial charge in [0.2, 0.25) is 0 Å². The molecule has 2 aromatic carbocycles. The van der Waals surface area contributed by atoms with Crippen molar-refractivity contribution in [1.82, 2.24) is 4.98 Å². The van der Waals surface area contributed by atoms with Gasteiger partial charge < -0.3 is 0 Å². The molecule has 0 N–H and O–H groups in total. The predicted molar refractivity (Wildman–Crippen MR) is 99.1 cm³/mol. The Hall–Kier alpha value is -3.14. The number of aliphatic imine (C=N–C) groups is 1. The Morgan fingerprint density at radius 1 is 0.962 bits per heavy atom. The number of allylic oxidation sites excluding steroid dienone is 1. The van der Waals surface area contributed by atoms with Gasteiger partial charge in [-0.2, -0.15) is 0 Å². The molecule has 0 unspecified atom stereocenters. The number of fused-ring (bicyclic) bond motifs is 1. The molecule has 1 aromatic heterocycles. The molecule has 1 aliphatic rings. The lowest BCUT2D eigenvalue weighted by Gasteiger charge is -2.07. The van der Waals surface area contributed by atoms with E-state index in [1.807, 2.05) is 48.6 Å². The van der Waals surface area contributed by atoms with E-state index in [9.17, 15) is 8.78 Å². The summed E-state index contributed by atoms with van der Waals surface area (Å²) in [4.78, 5) is 8.85. The van der Waals surface area contributed by atoms with Crippen LogP contribution in [0.2, 0.25) is 0 Å². The Labute approximate surface area is 150 Å². The molecule has 0 bridgehead atoms. The summed E-state index contributed by atoms with van der Waals surface area (Å²) in [5.41, 5.74) is 5.41. The van der Waals surface area contributed by atoms with Crippen molar-refractivity contribution in [2.75, 3.05) is 0 Å². The highest BCUT2D eigenvalue weighted by Gasteiger charge is 2.15. The smallest absolute Gasteiger partial charge is 0.129 e. The van der Waals surface area contributed by atoms with Gasteiger partial charge in [0.15, 0.2) is 0 Å². The van der Waals surface area contributed by atoms with Gasteiger partial charge in [0, 0.05) is 24.2 Å². The van der Waals surface area contributed by atoms with E-state index < -0.39 is 11.6 Å². The van der Waals surface area contributed by atoms with E-state index >= 15 is 0 Å². The lowest BCUT2D eigenvalue weighted by atomic mass is 9.97. The molecule has 4 rings (SSSR count). The number of hydrogen-bond acceptors (Lipinski definition) is 2. The summed E-state index contributed by atoms with van der Waals surface area (Å²) in [5, 5.41) is 0. The molecule has 2 heterocycles. The summed E-state index contributed by atoms with van der Waals surface area (Å²) >= 11 is 0. The van der Waals surface area contributed by atoms with Crippen LogP contribution in [0, 0.1) is 11.6 Å². The molecule has 3 aromatic rings. The molecule has 0 saturated heterocycles. The van der Waals surface area contributed by atoms with Crippen molar-refractivity contribution in [3.63, 3.8) is 0 Å². The number of benzene rings is 2. The summed E-state index contributed by atoms with van der Waals surface area (Å²) in [5.74, 6) is -1.08. The van der Waals surface area contributed by atoms with Crippen LogP contribution in [-0.4, -0.2) is 10.7 Å². The van der Waals surface area contributed by atoms with Gasteiger partial charge >= 0.3 is 0 Å². The number of nitrogens with zero attached hydrogens (tertiary/aromatic N) is 2. The summed E-state index contributed by atoms with van der Waals surface area (Å²) in [6.07, 6.45) is 6.05. The molecular weight excluding hydrogens is 330 g/mol. The molecule has 0 spiro atoms. The Balaban J connectivity index is 1.58. The number of rotatable bonds is 4.